The molecule has 0 bridgehead atoms. The maximum atomic E-state index is 14.2. The van der Waals surface area contributed by atoms with Crippen LogP contribution in [0.1, 0.15) is 5.69 Å². The summed E-state index contributed by atoms with van der Waals surface area (Å²) < 4.78 is 17.9. The molecule has 0 fully saturated rings. The first-order valence-electron chi connectivity index (χ1n) is 8.20. The number of thioether (sulfide) groups is 1. The summed E-state index contributed by atoms with van der Waals surface area (Å²) in [5.74, 6) is 0.757. The molecule has 0 aliphatic rings. The lowest BCUT2D eigenvalue weighted by atomic mass is 10.2. The van der Waals surface area contributed by atoms with E-state index in [4.69, 9.17) is 11.6 Å². The molecule has 0 atom stereocenters. The van der Waals surface area contributed by atoms with Gasteiger partial charge in [-0.25, -0.2) is 9.37 Å². The van der Waals surface area contributed by atoms with Crippen LogP contribution in [0.3, 0.4) is 0 Å². The second-order valence-electron chi connectivity index (χ2n) is 5.82. The predicted octanol–water partition coefficient (Wildman–Crippen LogP) is 4.86. The van der Waals surface area contributed by atoms with Gasteiger partial charge in [0.2, 0.25) is 0 Å². The first-order chi connectivity index (χ1) is 13.2. The molecule has 0 aliphatic heterocycles. The van der Waals surface area contributed by atoms with Crippen LogP contribution in [-0.2, 0) is 12.3 Å². The zero-order chi connectivity index (χ0) is 18.8. The molecule has 0 saturated carbocycles. The zero-order valence-electron chi connectivity index (χ0n) is 14.2. The molecule has 0 spiro atoms. The summed E-state index contributed by atoms with van der Waals surface area (Å²) >= 11 is 7.51. The van der Waals surface area contributed by atoms with Gasteiger partial charge >= 0.3 is 0 Å². The lowest BCUT2D eigenvalue weighted by Crippen LogP contribution is -2.01. The summed E-state index contributed by atoms with van der Waals surface area (Å²) in [5.41, 5.74) is 2.14. The van der Waals surface area contributed by atoms with Gasteiger partial charge in [-0.3, -0.25) is 4.57 Å². The van der Waals surface area contributed by atoms with Crippen molar-refractivity contribution in [3.8, 4) is 11.4 Å². The molecule has 136 valence electrons. The van der Waals surface area contributed by atoms with Crippen LogP contribution in [0.25, 0.3) is 17.0 Å². The van der Waals surface area contributed by atoms with E-state index < -0.39 is 0 Å². The molecule has 0 aliphatic carbocycles. The van der Waals surface area contributed by atoms with Crippen LogP contribution in [-0.4, -0.2) is 24.1 Å². The highest BCUT2D eigenvalue weighted by Gasteiger charge is 2.16. The number of hydrogen-bond acceptors (Lipinski definition) is 4. The van der Waals surface area contributed by atoms with Gasteiger partial charge in [-0.05, 0) is 24.3 Å². The fraction of sp³-hybridized carbons (Fsp3) is 0.105. The first kappa shape index (κ1) is 17.8. The fourth-order valence-electron chi connectivity index (χ4n) is 2.76. The average Bonchev–Trinajstić information content (AvgIpc) is 3.24. The normalized spacial score (nSPS) is 11.2. The number of rotatable bonds is 6. The van der Waals surface area contributed by atoms with Crippen molar-refractivity contribution < 1.29 is 4.39 Å². The molecule has 0 radical (unpaired) electrons. The van der Waals surface area contributed by atoms with Gasteiger partial charge in [0.15, 0.2) is 11.0 Å². The van der Waals surface area contributed by atoms with Crippen molar-refractivity contribution in [1.82, 2.24) is 24.1 Å². The van der Waals surface area contributed by atoms with E-state index in [1.54, 1.807) is 24.3 Å². The highest BCUT2D eigenvalue weighted by Crippen LogP contribution is 2.28. The molecule has 4 aromatic rings. The van der Waals surface area contributed by atoms with E-state index in [2.05, 4.69) is 21.8 Å². The molecular weight excluding hydrogens is 385 g/mol. The summed E-state index contributed by atoms with van der Waals surface area (Å²) in [7, 11) is 0. The minimum Gasteiger partial charge on any atom is -0.305 e. The average molecular weight is 400 g/mol. The van der Waals surface area contributed by atoms with Crippen molar-refractivity contribution in [3.63, 3.8) is 0 Å². The van der Waals surface area contributed by atoms with E-state index in [9.17, 15) is 4.39 Å². The van der Waals surface area contributed by atoms with Crippen LogP contribution in [0.4, 0.5) is 4.39 Å². The molecule has 3 heterocycles. The Bertz CT molecular complexity index is 1120. The van der Waals surface area contributed by atoms with Crippen LogP contribution >= 0.6 is 23.4 Å². The molecule has 0 amide bonds. The van der Waals surface area contributed by atoms with Gasteiger partial charge in [0.05, 0.1) is 16.3 Å². The van der Waals surface area contributed by atoms with Crippen molar-refractivity contribution in [3.05, 3.63) is 78.0 Å². The van der Waals surface area contributed by atoms with E-state index >= 15 is 0 Å². The van der Waals surface area contributed by atoms with Gasteiger partial charge in [0.25, 0.3) is 0 Å². The van der Waals surface area contributed by atoms with Gasteiger partial charge < -0.3 is 4.40 Å². The second kappa shape index (κ2) is 7.54. The predicted molar refractivity (Wildman–Crippen MR) is 105 cm³/mol. The van der Waals surface area contributed by atoms with Gasteiger partial charge in [0, 0.05) is 24.7 Å². The topological polar surface area (TPSA) is 48.0 Å². The summed E-state index contributed by atoms with van der Waals surface area (Å²) in [4.78, 5) is 4.57. The highest BCUT2D eigenvalue weighted by molar-refractivity contribution is 7.98. The van der Waals surface area contributed by atoms with Crippen LogP contribution in [0, 0.1) is 5.82 Å². The van der Waals surface area contributed by atoms with Crippen molar-refractivity contribution in [1.29, 1.82) is 0 Å². The second-order valence-corrected chi connectivity index (χ2v) is 7.20. The zero-order valence-corrected chi connectivity index (χ0v) is 15.8. The van der Waals surface area contributed by atoms with Crippen LogP contribution in [0.15, 0.2) is 66.6 Å². The van der Waals surface area contributed by atoms with E-state index in [0.29, 0.717) is 33.9 Å². The Hall–Kier alpha value is -2.64. The van der Waals surface area contributed by atoms with E-state index in [1.165, 1.54) is 17.8 Å². The molecule has 0 unspecified atom stereocenters. The number of imidazole rings is 1. The summed E-state index contributed by atoms with van der Waals surface area (Å²) in [5, 5.41) is 9.77. The number of halogens is 2. The maximum absolute atomic E-state index is 14.2. The summed E-state index contributed by atoms with van der Waals surface area (Å²) in [6.45, 7) is 4.27. The van der Waals surface area contributed by atoms with Crippen LogP contribution in [0.5, 0.6) is 0 Å². The molecule has 27 heavy (non-hydrogen) atoms. The smallest absolute Gasteiger partial charge is 0.192 e. The number of nitrogens with zero attached hydrogens (tertiary/aromatic N) is 5. The highest BCUT2D eigenvalue weighted by atomic mass is 35.5. The Labute approximate surface area is 164 Å². The van der Waals surface area contributed by atoms with Gasteiger partial charge in [-0.2, -0.15) is 0 Å². The summed E-state index contributed by atoms with van der Waals surface area (Å²) in [6, 6.07) is 10.2. The number of allylic oxidation sites excluding steroid dienone is 1. The van der Waals surface area contributed by atoms with E-state index in [0.717, 1.165) is 11.3 Å². The van der Waals surface area contributed by atoms with Crippen LogP contribution < -0.4 is 0 Å². The summed E-state index contributed by atoms with van der Waals surface area (Å²) in [6.07, 6.45) is 5.49. The Kier molecular flexibility index (Phi) is 4.96. The van der Waals surface area contributed by atoms with Gasteiger partial charge in [0.1, 0.15) is 11.5 Å². The number of aromatic nitrogens is 5. The molecule has 0 N–H and O–H groups in total. The van der Waals surface area contributed by atoms with Crippen molar-refractivity contribution in [2.24, 2.45) is 0 Å². The maximum Gasteiger partial charge on any atom is 0.192 e. The Balaban J connectivity index is 1.61. The molecule has 5 nitrogen and oxygen atoms in total. The Morgan fingerprint density at radius 2 is 2.00 bits per heavy atom. The van der Waals surface area contributed by atoms with E-state index in [1.807, 2.05) is 33.5 Å². The molecule has 8 heteroatoms. The third-order valence-corrected chi connectivity index (χ3v) is 5.18. The van der Waals surface area contributed by atoms with Crippen molar-refractivity contribution >= 4 is 29.0 Å². The minimum absolute atomic E-state index is 0.330. The van der Waals surface area contributed by atoms with E-state index in [-0.39, 0.29) is 5.82 Å². The molecular formula is C19H15ClFN5S. The quantitative estimate of drug-likeness (QED) is 0.343. The first-order valence-corrected chi connectivity index (χ1v) is 9.57. The lowest BCUT2D eigenvalue weighted by molar-refractivity contribution is 0.626. The molecule has 4 rings (SSSR count). The number of fused-ring (bicyclic) bond motifs is 1. The number of pyridine rings is 1. The van der Waals surface area contributed by atoms with Gasteiger partial charge in [-0.15, -0.1) is 16.8 Å². The third-order valence-electron chi connectivity index (χ3n) is 3.96. The third kappa shape index (κ3) is 3.61. The largest absolute Gasteiger partial charge is 0.305 e. The standard InChI is InChI=1S/C19H15ClFN5S/c1-2-9-26-18(15-5-3-4-6-16(15)21)23-24-19(26)27-12-14-11-25-10-13(20)7-8-17(25)22-14/h2-8,10-11H,1,9,12H2. The lowest BCUT2D eigenvalue weighted by Gasteiger charge is -2.07. The number of hydrogen-bond donors (Lipinski definition) is 0. The molecule has 3 aromatic heterocycles. The number of benzene rings is 1. The monoisotopic (exact) mass is 399 g/mol. The van der Waals surface area contributed by atoms with Crippen molar-refractivity contribution in [2.45, 2.75) is 17.5 Å². The van der Waals surface area contributed by atoms with Gasteiger partial charge in [-0.1, -0.05) is 41.6 Å². The van der Waals surface area contributed by atoms with Crippen LogP contribution in [0.2, 0.25) is 5.02 Å². The Morgan fingerprint density at radius 3 is 2.81 bits per heavy atom. The van der Waals surface area contributed by atoms with Crippen molar-refractivity contribution in [2.75, 3.05) is 0 Å². The fourth-order valence-corrected chi connectivity index (χ4v) is 3.76. The molecule has 1 aromatic carbocycles. The SMILES string of the molecule is C=CCn1c(SCc2cn3cc(Cl)ccc3n2)nnc1-c1ccccc1F. The minimum atomic E-state index is -0.330. The molecule has 0 saturated heterocycles. The Morgan fingerprint density at radius 1 is 1.15 bits per heavy atom.